The summed E-state index contributed by atoms with van der Waals surface area (Å²) in [5.41, 5.74) is 4.49. The average Bonchev–Trinajstić information content (AvgIpc) is 2.83. The van der Waals surface area contributed by atoms with Gasteiger partial charge in [-0.2, -0.15) is 0 Å². The van der Waals surface area contributed by atoms with E-state index in [1.165, 1.54) is 4.90 Å². The van der Waals surface area contributed by atoms with E-state index in [0.717, 1.165) is 22.3 Å². The number of nitrogens with zero attached hydrogens (tertiary/aromatic N) is 1. The maximum atomic E-state index is 14.2. The van der Waals surface area contributed by atoms with Crippen molar-refractivity contribution in [2.24, 2.45) is 5.92 Å². The molecule has 0 spiro atoms. The number of ether oxygens (including phenoxy) is 1. The highest BCUT2D eigenvalue weighted by Gasteiger charge is 2.38. The van der Waals surface area contributed by atoms with Gasteiger partial charge in [0.15, 0.2) is 0 Å². The molecule has 3 atom stereocenters. The molecule has 7 heteroatoms. The summed E-state index contributed by atoms with van der Waals surface area (Å²) >= 11 is 0. The number of para-hydroxylation sites is 1. The first kappa shape index (κ1) is 31.6. The Kier molecular flexibility index (Phi) is 10.9. The molecule has 0 saturated carbocycles. The number of anilines is 1. The fraction of sp³-hybridized carbons (Fsp3) is 0.469. The number of hydrogen-bond donors (Lipinski definition) is 2. The van der Waals surface area contributed by atoms with Crippen molar-refractivity contribution in [3.63, 3.8) is 0 Å². The molecule has 0 aliphatic carbocycles. The van der Waals surface area contributed by atoms with Crippen LogP contribution in [0.2, 0.25) is 0 Å². The van der Waals surface area contributed by atoms with Crippen molar-refractivity contribution in [3.8, 4) is 0 Å². The van der Waals surface area contributed by atoms with Crippen LogP contribution in [-0.4, -0.2) is 41.0 Å². The van der Waals surface area contributed by atoms with Crippen LogP contribution in [0.15, 0.2) is 49.1 Å². The monoisotopic (exact) mass is 535 g/mol. The van der Waals surface area contributed by atoms with Crippen LogP contribution in [-0.2, 0) is 14.3 Å². The highest BCUT2D eigenvalue weighted by Crippen LogP contribution is 2.30. The van der Waals surface area contributed by atoms with Gasteiger partial charge in [-0.25, -0.2) is 4.79 Å². The third kappa shape index (κ3) is 8.44. The molecular formula is C32H45N3O4. The van der Waals surface area contributed by atoms with Gasteiger partial charge in [0.05, 0.1) is 0 Å². The lowest BCUT2D eigenvalue weighted by atomic mass is 9.93. The van der Waals surface area contributed by atoms with Crippen molar-refractivity contribution >= 4 is 23.6 Å². The lowest BCUT2D eigenvalue weighted by Gasteiger charge is -2.36. The third-order valence-electron chi connectivity index (χ3n) is 6.77. The van der Waals surface area contributed by atoms with Crippen molar-refractivity contribution < 1.29 is 19.1 Å². The van der Waals surface area contributed by atoms with Crippen LogP contribution in [0.1, 0.15) is 74.9 Å². The van der Waals surface area contributed by atoms with Gasteiger partial charge in [-0.1, -0.05) is 68.3 Å². The van der Waals surface area contributed by atoms with E-state index in [4.69, 9.17) is 4.74 Å². The minimum absolute atomic E-state index is 0.111. The smallest absolute Gasteiger partial charge is 0.408 e. The lowest BCUT2D eigenvalue weighted by molar-refractivity contribution is -0.141. The number of alkyl carbamates (subject to hydrolysis) is 1. The molecule has 0 aromatic heterocycles. The van der Waals surface area contributed by atoms with Crippen molar-refractivity contribution in [3.05, 3.63) is 76.9 Å². The molecule has 3 amide bonds. The second kappa shape index (κ2) is 13.5. The number of carbonyl (C=O) groups is 3. The Balaban J connectivity index is 2.62. The number of rotatable bonds is 10. The van der Waals surface area contributed by atoms with E-state index in [1.54, 1.807) is 26.8 Å². The Morgan fingerprint density at radius 3 is 2.15 bits per heavy atom. The standard InChI is InChI=1S/C32H45N3O4/c1-11-18-35(30(37)27(21(4)12-2)34-31(38)39-32(8,9)10)28(25-17-16-20(3)19-24(25)7)29(36)33-26-22(5)14-13-15-23(26)6/h11,13-17,19,21,27-28H,1,12,18H2,2-10H3,(H,33,36)(H,34,38). The van der Waals surface area contributed by atoms with Gasteiger partial charge >= 0.3 is 6.09 Å². The Morgan fingerprint density at radius 1 is 1.03 bits per heavy atom. The molecule has 0 saturated heterocycles. The van der Waals surface area contributed by atoms with Gasteiger partial charge in [0.1, 0.15) is 17.7 Å². The molecule has 212 valence electrons. The molecule has 2 N–H and O–H groups in total. The quantitative estimate of drug-likeness (QED) is 0.338. The number of carbonyl (C=O) groups excluding carboxylic acids is 3. The van der Waals surface area contributed by atoms with Crippen LogP contribution in [0.4, 0.5) is 10.5 Å². The minimum atomic E-state index is -0.956. The lowest BCUT2D eigenvalue weighted by Crippen LogP contribution is -2.54. The predicted octanol–water partition coefficient (Wildman–Crippen LogP) is 6.55. The summed E-state index contributed by atoms with van der Waals surface area (Å²) in [5.74, 6) is -0.926. The zero-order chi connectivity index (χ0) is 29.5. The SMILES string of the molecule is C=CCN(C(=O)C(NC(=O)OC(C)(C)C)C(C)CC)C(C(=O)Nc1c(C)cccc1C)c1ccc(C)cc1C. The van der Waals surface area contributed by atoms with Gasteiger partial charge in [0.25, 0.3) is 5.91 Å². The van der Waals surface area contributed by atoms with E-state index in [2.05, 4.69) is 17.2 Å². The number of aryl methyl sites for hydroxylation is 4. The van der Waals surface area contributed by atoms with E-state index in [-0.39, 0.29) is 24.3 Å². The minimum Gasteiger partial charge on any atom is -0.444 e. The third-order valence-corrected chi connectivity index (χ3v) is 6.77. The Morgan fingerprint density at radius 2 is 1.64 bits per heavy atom. The van der Waals surface area contributed by atoms with Crippen LogP contribution in [0, 0.1) is 33.6 Å². The Bertz CT molecular complexity index is 1180. The van der Waals surface area contributed by atoms with E-state index in [0.29, 0.717) is 17.7 Å². The molecule has 0 aliphatic rings. The highest BCUT2D eigenvalue weighted by atomic mass is 16.6. The first-order chi connectivity index (χ1) is 18.2. The van der Waals surface area contributed by atoms with Gasteiger partial charge in [0, 0.05) is 12.2 Å². The maximum absolute atomic E-state index is 14.2. The summed E-state index contributed by atoms with van der Waals surface area (Å²) in [7, 11) is 0. The first-order valence-electron chi connectivity index (χ1n) is 13.5. The molecule has 2 aromatic rings. The second-order valence-electron chi connectivity index (χ2n) is 11.3. The van der Waals surface area contributed by atoms with Gasteiger partial charge in [-0.05, 0) is 76.6 Å². The molecule has 2 aromatic carbocycles. The van der Waals surface area contributed by atoms with Crippen LogP contribution >= 0.6 is 0 Å². The van der Waals surface area contributed by atoms with E-state index >= 15 is 0 Å². The van der Waals surface area contributed by atoms with Crippen molar-refractivity contribution in [1.29, 1.82) is 0 Å². The van der Waals surface area contributed by atoms with Crippen LogP contribution in [0.5, 0.6) is 0 Å². The van der Waals surface area contributed by atoms with E-state index in [9.17, 15) is 14.4 Å². The zero-order valence-corrected chi connectivity index (χ0v) is 25.0. The summed E-state index contributed by atoms with van der Waals surface area (Å²) in [4.78, 5) is 42.6. The number of amides is 3. The summed E-state index contributed by atoms with van der Waals surface area (Å²) in [6, 6.07) is 9.78. The summed E-state index contributed by atoms with van der Waals surface area (Å²) in [6.07, 6.45) is 1.56. The van der Waals surface area contributed by atoms with Gasteiger partial charge in [-0.15, -0.1) is 6.58 Å². The van der Waals surface area contributed by atoms with Crippen molar-refractivity contribution in [2.75, 3.05) is 11.9 Å². The summed E-state index contributed by atoms with van der Waals surface area (Å²) in [5, 5.41) is 5.87. The topological polar surface area (TPSA) is 87.7 Å². The molecule has 0 bridgehead atoms. The van der Waals surface area contributed by atoms with Crippen LogP contribution < -0.4 is 10.6 Å². The molecule has 3 unspecified atom stereocenters. The fourth-order valence-corrected chi connectivity index (χ4v) is 4.54. The fourth-order valence-electron chi connectivity index (χ4n) is 4.54. The number of nitrogens with one attached hydrogen (secondary N) is 2. The van der Waals surface area contributed by atoms with Gasteiger partial charge in [0.2, 0.25) is 5.91 Å². The molecule has 0 fully saturated rings. The number of hydrogen-bond acceptors (Lipinski definition) is 4. The van der Waals surface area contributed by atoms with E-state index < -0.39 is 23.8 Å². The molecule has 0 heterocycles. The second-order valence-corrected chi connectivity index (χ2v) is 11.3. The van der Waals surface area contributed by atoms with Crippen molar-refractivity contribution in [1.82, 2.24) is 10.2 Å². The molecule has 2 rings (SSSR count). The maximum Gasteiger partial charge on any atom is 0.408 e. The molecule has 39 heavy (non-hydrogen) atoms. The number of benzene rings is 2. The van der Waals surface area contributed by atoms with E-state index in [1.807, 2.05) is 77.9 Å². The summed E-state index contributed by atoms with van der Waals surface area (Å²) in [6.45, 7) is 20.9. The Hall–Kier alpha value is -3.61. The van der Waals surface area contributed by atoms with Gasteiger partial charge in [-0.3, -0.25) is 9.59 Å². The average molecular weight is 536 g/mol. The Labute approximate surface area is 234 Å². The molecule has 0 aliphatic heterocycles. The normalized spacial score (nSPS) is 13.6. The van der Waals surface area contributed by atoms with Crippen molar-refractivity contribution in [2.45, 2.75) is 86.4 Å². The molecular weight excluding hydrogens is 490 g/mol. The molecule has 0 radical (unpaired) electrons. The predicted molar refractivity (Wildman–Crippen MR) is 158 cm³/mol. The van der Waals surface area contributed by atoms with Crippen LogP contribution in [0.3, 0.4) is 0 Å². The largest absolute Gasteiger partial charge is 0.444 e. The van der Waals surface area contributed by atoms with Gasteiger partial charge < -0.3 is 20.3 Å². The molecule has 7 nitrogen and oxygen atoms in total. The first-order valence-corrected chi connectivity index (χ1v) is 13.5. The summed E-state index contributed by atoms with van der Waals surface area (Å²) < 4.78 is 5.46. The zero-order valence-electron chi connectivity index (χ0n) is 25.0. The highest BCUT2D eigenvalue weighted by molar-refractivity contribution is 6.00. The van der Waals surface area contributed by atoms with Crippen LogP contribution in [0.25, 0.3) is 0 Å².